The molecule has 0 aliphatic heterocycles. The standard InChI is InChI=1S/C13H23NO2/c1-9-2-6-12(7-3-9)16-13(15)10-4-5-11(14)8-10/h9-12H,2-8,14H2,1H3. The van der Waals surface area contributed by atoms with Crippen LogP contribution in [0.15, 0.2) is 0 Å². The van der Waals surface area contributed by atoms with Gasteiger partial charge in [-0.15, -0.1) is 0 Å². The zero-order valence-electron chi connectivity index (χ0n) is 10.2. The molecule has 0 amide bonds. The van der Waals surface area contributed by atoms with Gasteiger partial charge in [0.25, 0.3) is 0 Å². The van der Waals surface area contributed by atoms with Crippen molar-refractivity contribution >= 4 is 5.97 Å². The molecule has 0 aromatic rings. The first kappa shape index (κ1) is 11.9. The zero-order valence-corrected chi connectivity index (χ0v) is 10.2. The Hall–Kier alpha value is -0.570. The molecular formula is C13H23NO2. The Morgan fingerprint density at radius 3 is 2.38 bits per heavy atom. The van der Waals surface area contributed by atoms with Gasteiger partial charge in [0.1, 0.15) is 6.10 Å². The van der Waals surface area contributed by atoms with Gasteiger partial charge in [-0.3, -0.25) is 4.79 Å². The first-order chi connectivity index (χ1) is 7.65. The summed E-state index contributed by atoms with van der Waals surface area (Å²) in [6.45, 7) is 2.27. The van der Waals surface area contributed by atoms with Crippen molar-refractivity contribution in [2.24, 2.45) is 17.6 Å². The van der Waals surface area contributed by atoms with Crippen molar-refractivity contribution in [1.82, 2.24) is 0 Å². The maximum absolute atomic E-state index is 11.9. The molecule has 0 bridgehead atoms. The molecule has 2 aliphatic rings. The molecule has 2 atom stereocenters. The van der Waals surface area contributed by atoms with E-state index >= 15 is 0 Å². The molecule has 0 aromatic carbocycles. The number of hydrogen-bond acceptors (Lipinski definition) is 3. The molecule has 3 heteroatoms. The van der Waals surface area contributed by atoms with Gasteiger partial charge in [0.05, 0.1) is 5.92 Å². The van der Waals surface area contributed by atoms with Crippen molar-refractivity contribution in [3.8, 4) is 0 Å². The SMILES string of the molecule is CC1CCC(OC(=O)C2CCC(N)C2)CC1. The van der Waals surface area contributed by atoms with E-state index in [1.807, 2.05) is 0 Å². The second-order valence-corrected chi connectivity index (χ2v) is 5.59. The minimum absolute atomic E-state index is 0.00695. The Bertz CT molecular complexity index is 246. The molecule has 0 radical (unpaired) electrons. The van der Waals surface area contributed by atoms with Crippen LogP contribution in [-0.4, -0.2) is 18.1 Å². The highest BCUT2D eigenvalue weighted by Crippen LogP contribution is 2.29. The predicted molar refractivity (Wildman–Crippen MR) is 62.8 cm³/mol. The van der Waals surface area contributed by atoms with Crippen LogP contribution in [0.2, 0.25) is 0 Å². The molecule has 0 heterocycles. The van der Waals surface area contributed by atoms with Gasteiger partial charge in [-0.25, -0.2) is 0 Å². The topological polar surface area (TPSA) is 52.3 Å². The van der Waals surface area contributed by atoms with E-state index in [4.69, 9.17) is 10.5 Å². The number of nitrogens with two attached hydrogens (primary N) is 1. The number of ether oxygens (including phenoxy) is 1. The summed E-state index contributed by atoms with van der Waals surface area (Å²) in [5.41, 5.74) is 5.81. The lowest BCUT2D eigenvalue weighted by Crippen LogP contribution is -2.27. The molecule has 2 unspecified atom stereocenters. The average Bonchev–Trinajstić information content (AvgIpc) is 2.68. The summed E-state index contributed by atoms with van der Waals surface area (Å²) in [4.78, 5) is 11.9. The molecule has 3 nitrogen and oxygen atoms in total. The Morgan fingerprint density at radius 1 is 1.12 bits per heavy atom. The lowest BCUT2D eigenvalue weighted by Gasteiger charge is -2.27. The van der Waals surface area contributed by atoms with E-state index < -0.39 is 0 Å². The lowest BCUT2D eigenvalue weighted by atomic mass is 9.89. The molecular weight excluding hydrogens is 202 g/mol. The minimum Gasteiger partial charge on any atom is -0.462 e. The van der Waals surface area contributed by atoms with E-state index in [2.05, 4.69) is 6.92 Å². The summed E-state index contributed by atoms with van der Waals surface area (Å²) in [5, 5.41) is 0. The van der Waals surface area contributed by atoms with Crippen LogP contribution in [-0.2, 0) is 9.53 Å². The second kappa shape index (κ2) is 5.17. The fourth-order valence-corrected chi connectivity index (χ4v) is 2.84. The Balaban J connectivity index is 1.75. The third-order valence-electron chi connectivity index (χ3n) is 4.05. The lowest BCUT2D eigenvalue weighted by molar-refractivity contribution is -0.155. The van der Waals surface area contributed by atoms with Crippen molar-refractivity contribution in [3.05, 3.63) is 0 Å². The summed E-state index contributed by atoms with van der Waals surface area (Å²) in [5.74, 6) is 0.886. The number of hydrogen-bond donors (Lipinski definition) is 1. The van der Waals surface area contributed by atoms with E-state index in [-0.39, 0.29) is 24.0 Å². The molecule has 0 aromatic heterocycles. The third-order valence-corrected chi connectivity index (χ3v) is 4.05. The summed E-state index contributed by atoms with van der Waals surface area (Å²) in [7, 11) is 0. The second-order valence-electron chi connectivity index (χ2n) is 5.59. The van der Waals surface area contributed by atoms with Gasteiger partial charge in [-0.05, 0) is 50.9 Å². The number of rotatable bonds is 2. The maximum atomic E-state index is 11.9. The maximum Gasteiger partial charge on any atom is 0.309 e. The van der Waals surface area contributed by atoms with Gasteiger partial charge < -0.3 is 10.5 Å². The smallest absolute Gasteiger partial charge is 0.309 e. The van der Waals surface area contributed by atoms with Crippen molar-refractivity contribution < 1.29 is 9.53 Å². The van der Waals surface area contributed by atoms with Crippen LogP contribution in [0.25, 0.3) is 0 Å². The van der Waals surface area contributed by atoms with Gasteiger partial charge in [-0.2, -0.15) is 0 Å². The van der Waals surface area contributed by atoms with E-state index in [0.717, 1.165) is 38.0 Å². The molecule has 0 spiro atoms. The number of carbonyl (C=O) groups is 1. The quantitative estimate of drug-likeness (QED) is 0.733. The zero-order chi connectivity index (χ0) is 11.5. The molecule has 92 valence electrons. The van der Waals surface area contributed by atoms with Gasteiger partial charge in [0, 0.05) is 6.04 Å². The Kier molecular flexibility index (Phi) is 3.85. The molecule has 16 heavy (non-hydrogen) atoms. The highest BCUT2D eigenvalue weighted by molar-refractivity contribution is 5.73. The van der Waals surface area contributed by atoms with Gasteiger partial charge >= 0.3 is 5.97 Å². The molecule has 2 saturated carbocycles. The van der Waals surface area contributed by atoms with Gasteiger partial charge in [0.15, 0.2) is 0 Å². The molecule has 2 aliphatic carbocycles. The molecule has 0 saturated heterocycles. The minimum atomic E-state index is 0.00695. The molecule has 2 fully saturated rings. The normalized spacial score (nSPS) is 39.6. The summed E-state index contributed by atoms with van der Waals surface area (Å²) in [6, 6.07) is 0.212. The van der Waals surface area contributed by atoms with Crippen LogP contribution in [0.4, 0.5) is 0 Å². The largest absolute Gasteiger partial charge is 0.462 e. The molecule has 2 N–H and O–H groups in total. The van der Waals surface area contributed by atoms with Crippen LogP contribution in [0.1, 0.15) is 51.9 Å². The van der Waals surface area contributed by atoms with Crippen molar-refractivity contribution in [2.45, 2.75) is 64.0 Å². The van der Waals surface area contributed by atoms with E-state index in [1.165, 1.54) is 12.8 Å². The fraction of sp³-hybridized carbons (Fsp3) is 0.923. The Labute approximate surface area is 97.7 Å². The van der Waals surface area contributed by atoms with E-state index in [1.54, 1.807) is 0 Å². The van der Waals surface area contributed by atoms with Crippen LogP contribution >= 0.6 is 0 Å². The van der Waals surface area contributed by atoms with Gasteiger partial charge in [0.2, 0.25) is 0 Å². The predicted octanol–water partition coefficient (Wildman–Crippen LogP) is 2.24. The van der Waals surface area contributed by atoms with Crippen LogP contribution in [0.5, 0.6) is 0 Å². The van der Waals surface area contributed by atoms with Crippen LogP contribution < -0.4 is 5.73 Å². The first-order valence-electron chi connectivity index (χ1n) is 6.61. The Morgan fingerprint density at radius 2 is 1.81 bits per heavy atom. The summed E-state index contributed by atoms with van der Waals surface area (Å²) in [6.07, 6.45) is 7.38. The van der Waals surface area contributed by atoms with Gasteiger partial charge in [-0.1, -0.05) is 6.92 Å². The summed E-state index contributed by atoms with van der Waals surface area (Å²) >= 11 is 0. The highest BCUT2D eigenvalue weighted by atomic mass is 16.5. The number of carbonyl (C=O) groups excluding carboxylic acids is 1. The first-order valence-corrected chi connectivity index (χ1v) is 6.61. The summed E-state index contributed by atoms with van der Waals surface area (Å²) < 4.78 is 5.58. The molecule has 2 rings (SSSR count). The monoisotopic (exact) mass is 225 g/mol. The van der Waals surface area contributed by atoms with Crippen LogP contribution in [0.3, 0.4) is 0 Å². The van der Waals surface area contributed by atoms with Crippen molar-refractivity contribution in [2.75, 3.05) is 0 Å². The average molecular weight is 225 g/mol. The number of esters is 1. The van der Waals surface area contributed by atoms with Crippen molar-refractivity contribution in [1.29, 1.82) is 0 Å². The van der Waals surface area contributed by atoms with E-state index in [9.17, 15) is 4.79 Å². The highest BCUT2D eigenvalue weighted by Gasteiger charge is 2.31. The van der Waals surface area contributed by atoms with Crippen molar-refractivity contribution in [3.63, 3.8) is 0 Å². The fourth-order valence-electron chi connectivity index (χ4n) is 2.84. The third kappa shape index (κ3) is 2.97. The van der Waals surface area contributed by atoms with E-state index in [0.29, 0.717) is 0 Å². The van der Waals surface area contributed by atoms with Crippen LogP contribution in [0, 0.1) is 11.8 Å².